The van der Waals surface area contributed by atoms with Crippen molar-refractivity contribution in [3.63, 3.8) is 0 Å². The summed E-state index contributed by atoms with van der Waals surface area (Å²) < 4.78 is 5.28. The number of nitrogens with one attached hydrogen (secondary N) is 1. The fraction of sp³-hybridized carbons (Fsp3) is 0.500. The molecule has 0 saturated heterocycles. The summed E-state index contributed by atoms with van der Waals surface area (Å²) in [5, 5.41) is 0.830. The number of unbranched alkanes of at least 4 members (excludes halogenated alkanes) is 9. The minimum Gasteiger partial charge on any atom is -0.463 e. The molecule has 0 radical (unpaired) electrons. The van der Waals surface area contributed by atoms with Crippen molar-refractivity contribution in [3.05, 3.63) is 41.6 Å². The molecule has 0 bridgehead atoms. The molecule has 4 heteroatoms. The minimum absolute atomic E-state index is 0.337. The topological polar surface area (TPSA) is 59.2 Å². The molecule has 0 aliphatic carbocycles. The predicted molar refractivity (Wildman–Crippen MR) is 116 cm³/mol. The first-order valence-corrected chi connectivity index (χ1v) is 10.7. The Morgan fingerprint density at radius 1 is 0.964 bits per heavy atom. The number of fused-ring (bicyclic) bond motifs is 1. The lowest BCUT2D eigenvalue weighted by Crippen LogP contribution is -2.02. The number of hydrogen-bond donors (Lipinski definition) is 1. The van der Waals surface area contributed by atoms with Crippen molar-refractivity contribution in [3.8, 4) is 0 Å². The van der Waals surface area contributed by atoms with E-state index >= 15 is 0 Å². The third-order valence-corrected chi connectivity index (χ3v) is 5.04. The molecule has 2 rings (SSSR count). The third kappa shape index (κ3) is 7.34. The number of carbonyl (C=O) groups excluding carboxylic acids is 2. The second-order valence-corrected chi connectivity index (χ2v) is 7.31. The standard InChI is InChI=1S/C24H33NO3/c1-2-3-4-5-6-7-8-9-10-11-17-28-23(27)16-15-20-13-12-14-22-24(20)21(19-26)18-25-22/h12-16,18-19,25H,2-11,17H2,1H3/b16-15+. The van der Waals surface area contributed by atoms with Gasteiger partial charge in [-0.05, 0) is 24.1 Å². The highest BCUT2D eigenvalue weighted by atomic mass is 16.5. The van der Waals surface area contributed by atoms with Crippen molar-refractivity contribution in [1.82, 2.24) is 4.98 Å². The molecule has 152 valence electrons. The highest BCUT2D eigenvalue weighted by Crippen LogP contribution is 2.22. The quantitative estimate of drug-likeness (QED) is 0.176. The average molecular weight is 384 g/mol. The van der Waals surface area contributed by atoms with Crippen LogP contribution in [0.1, 0.15) is 87.1 Å². The summed E-state index contributed by atoms with van der Waals surface area (Å²) in [6.07, 6.45) is 18.2. The molecule has 1 heterocycles. The van der Waals surface area contributed by atoms with Gasteiger partial charge in [0.25, 0.3) is 0 Å². The van der Waals surface area contributed by atoms with Crippen LogP contribution in [0.2, 0.25) is 0 Å². The van der Waals surface area contributed by atoms with E-state index in [1.54, 1.807) is 12.3 Å². The first kappa shape index (κ1) is 21.9. The number of benzene rings is 1. The molecule has 0 saturated carbocycles. The van der Waals surface area contributed by atoms with Crippen LogP contribution in [-0.2, 0) is 9.53 Å². The number of aromatic nitrogens is 1. The van der Waals surface area contributed by atoms with Crippen LogP contribution in [0.15, 0.2) is 30.5 Å². The molecular formula is C24H33NO3. The third-order valence-electron chi connectivity index (χ3n) is 5.04. The highest BCUT2D eigenvalue weighted by molar-refractivity contribution is 6.03. The van der Waals surface area contributed by atoms with Gasteiger partial charge < -0.3 is 9.72 Å². The van der Waals surface area contributed by atoms with Crippen molar-refractivity contribution < 1.29 is 14.3 Å². The van der Waals surface area contributed by atoms with Gasteiger partial charge in [-0.25, -0.2) is 4.79 Å². The number of rotatable bonds is 14. The fourth-order valence-corrected chi connectivity index (χ4v) is 3.44. The van der Waals surface area contributed by atoms with Crippen LogP contribution >= 0.6 is 0 Å². The van der Waals surface area contributed by atoms with Crippen molar-refractivity contribution in [1.29, 1.82) is 0 Å². The van der Waals surface area contributed by atoms with E-state index in [4.69, 9.17) is 4.74 Å². The Morgan fingerprint density at radius 3 is 2.32 bits per heavy atom. The number of aldehydes is 1. The lowest BCUT2D eigenvalue weighted by molar-refractivity contribution is -0.137. The Kier molecular flexibility index (Phi) is 10.1. The fourth-order valence-electron chi connectivity index (χ4n) is 3.44. The number of esters is 1. The van der Waals surface area contributed by atoms with Crippen molar-refractivity contribution in [2.45, 2.75) is 71.1 Å². The predicted octanol–water partition coefficient (Wildman–Crippen LogP) is 6.46. The molecule has 4 nitrogen and oxygen atoms in total. The van der Waals surface area contributed by atoms with Crippen molar-refractivity contribution in [2.24, 2.45) is 0 Å². The van der Waals surface area contributed by atoms with Gasteiger partial charge in [0.2, 0.25) is 0 Å². The second kappa shape index (κ2) is 12.9. The van der Waals surface area contributed by atoms with Gasteiger partial charge in [-0.3, -0.25) is 4.79 Å². The SMILES string of the molecule is CCCCCCCCCCCCOC(=O)/C=C/c1cccc2[nH]cc(C=O)c12. The van der Waals surface area contributed by atoms with E-state index in [0.29, 0.717) is 12.2 Å². The van der Waals surface area contributed by atoms with Gasteiger partial charge in [0.1, 0.15) is 0 Å². The van der Waals surface area contributed by atoms with E-state index in [1.165, 1.54) is 57.4 Å². The van der Waals surface area contributed by atoms with Crippen LogP contribution in [0.25, 0.3) is 17.0 Å². The van der Waals surface area contributed by atoms with Crippen molar-refractivity contribution >= 4 is 29.2 Å². The number of hydrogen-bond acceptors (Lipinski definition) is 3. The number of carbonyl (C=O) groups is 2. The Hall–Kier alpha value is -2.36. The zero-order valence-corrected chi connectivity index (χ0v) is 17.0. The van der Waals surface area contributed by atoms with Gasteiger partial charge in [-0.2, -0.15) is 0 Å². The molecule has 1 N–H and O–H groups in total. The molecular weight excluding hydrogens is 350 g/mol. The molecule has 0 unspecified atom stereocenters. The molecule has 0 spiro atoms. The first-order valence-electron chi connectivity index (χ1n) is 10.7. The Morgan fingerprint density at radius 2 is 1.64 bits per heavy atom. The molecule has 0 fully saturated rings. The van der Waals surface area contributed by atoms with Gasteiger partial charge in [-0.15, -0.1) is 0 Å². The molecule has 1 aromatic carbocycles. The molecule has 0 aliphatic rings. The minimum atomic E-state index is -0.337. The number of H-pyrrole nitrogens is 1. The summed E-state index contributed by atoms with van der Waals surface area (Å²) in [4.78, 5) is 26.1. The van der Waals surface area contributed by atoms with Crippen LogP contribution < -0.4 is 0 Å². The number of ether oxygens (including phenoxy) is 1. The summed E-state index contributed by atoms with van der Waals surface area (Å²) in [7, 11) is 0. The van der Waals surface area contributed by atoms with Crippen LogP contribution in [0.3, 0.4) is 0 Å². The largest absolute Gasteiger partial charge is 0.463 e. The zero-order chi connectivity index (χ0) is 20.0. The maximum atomic E-state index is 11.9. The smallest absolute Gasteiger partial charge is 0.330 e. The molecule has 2 aromatic rings. The summed E-state index contributed by atoms with van der Waals surface area (Å²) in [5.41, 5.74) is 2.30. The summed E-state index contributed by atoms with van der Waals surface area (Å²) in [5.74, 6) is -0.337. The van der Waals surface area contributed by atoms with Gasteiger partial charge in [0, 0.05) is 28.7 Å². The van der Waals surface area contributed by atoms with Gasteiger partial charge >= 0.3 is 5.97 Å². The van der Waals surface area contributed by atoms with E-state index in [2.05, 4.69) is 11.9 Å². The van der Waals surface area contributed by atoms with Crippen molar-refractivity contribution in [2.75, 3.05) is 6.61 Å². The maximum absolute atomic E-state index is 11.9. The van der Waals surface area contributed by atoms with E-state index in [-0.39, 0.29) is 5.97 Å². The van der Waals surface area contributed by atoms with Crippen LogP contribution in [0, 0.1) is 0 Å². The van der Waals surface area contributed by atoms with E-state index < -0.39 is 0 Å². The summed E-state index contributed by atoms with van der Waals surface area (Å²) >= 11 is 0. The molecule has 0 amide bonds. The lowest BCUT2D eigenvalue weighted by Gasteiger charge is -2.03. The Labute approximate surface area is 168 Å². The second-order valence-electron chi connectivity index (χ2n) is 7.31. The molecule has 28 heavy (non-hydrogen) atoms. The monoisotopic (exact) mass is 383 g/mol. The Bertz CT molecular complexity index is 760. The first-order chi connectivity index (χ1) is 13.8. The lowest BCUT2D eigenvalue weighted by atomic mass is 10.1. The van der Waals surface area contributed by atoms with Gasteiger partial charge in [0.15, 0.2) is 6.29 Å². The van der Waals surface area contributed by atoms with Gasteiger partial charge in [-0.1, -0.05) is 76.8 Å². The van der Waals surface area contributed by atoms with E-state index in [1.807, 2.05) is 18.2 Å². The van der Waals surface area contributed by atoms with Crippen LogP contribution in [0.4, 0.5) is 0 Å². The molecule has 0 atom stereocenters. The summed E-state index contributed by atoms with van der Waals surface area (Å²) in [6, 6.07) is 5.68. The summed E-state index contributed by atoms with van der Waals surface area (Å²) in [6.45, 7) is 2.71. The van der Waals surface area contributed by atoms with E-state index in [9.17, 15) is 9.59 Å². The highest BCUT2D eigenvalue weighted by Gasteiger charge is 2.06. The number of aromatic amines is 1. The van der Waals surface area contributed by atoms with Crippen LogP contribution in [-0.4, -0.2) is 23.8 Å². The van der Waals surface area contributed by atoms with E-state index in [0.717, 1.165) is 35.6 Å². The zero-order valence-electron chi connectivity index (χ0n) is 17.0. The average Bonchev–Trinajstić information content (AvgIpc) is 3.14. The van der Waals surface area contributed by atoms with Crippen LogP contribution in [0.5, 0.6) is 0 Å². The Balaban J connectivity index is 1.62. The normalized spacial score (nSPS) is 11.3. The molecule has 0 aliphatic heterocycles. The van der Waals surface area contributed by atoms with Gasteiger partial charge in [0.05, 0.1) is 6.61 Å². The maximum Gasteiger partial charge on any atom is 0.330 e. The molecule has 1 aromatic heterocycles.